The molecule has 4 rings (SSSR count). The Balaban J connectivity index is 1.79. The number of primary amides is 1. The van der Waals surface area contributed by atoms with Crippen molar-refractivity contribution in [3.05, 3.63) is 25.3 Å². The molecule has 1 amide bonds. The molecule has 150 valence electrons. The highest BCUT2D eigenvalue weighted by molar-refractivity contribution is 5.89. The molecular formula is C17H22N6O5. The minimum absolute atomic E-state index is 0.344. The summed E-state index contributed by atoms with van der Waals surface area (Å²) >= 11 is 0. The van der Waals surface area contributed by atoms with Gasteiger partial charge in [-0.05, 0) is 12.8 Å². The van der Waals surface area contributed by atoms with E-state index in [9.17, 15) is 20.1 Å². The summed E-state index contributed by atoms with van der Waals surface area (Å²) in [7, 11) is 0. The molecule has 2 aromatic heterocycles. The van der Waals surface area contributed by atoms with E-state index in [4.69, 9.17) is 10.5 Å². The number of anilines is 1. The predicted octanol–water partition coefficient (Wildman–Crippen LogP) is -1.55. The molecule has 5 atom stereocenters. The van der Waals surface area contributed by atoms with E-state index in [1.807, 2.05) is 0 Å². The van der Waals surface area contributed by atoms with Gasteiger partial charge in [0.2, 0.25) is 5.91 Å². The van der Waals surface area contributed by atoms with Crippen LogP contribution in [0.4, 0.5) is 5.82 Å². The number of nitrogens with zero attached hydrogens (tertiary/aromatic N) is 5. The van der Waals surface area contributed by atoms with Crippen molar-refractivity contribution in [2.45, 2.75) is 42.9 Å². The molecule has 28 heavy (non-hydrogen) atoms. The number of fused-ring (bicyclic) bond motifs is 1. The zero-order valence-corrected chi connectivity index (χ0v) is 15.0. The van der Waals surface area contributed by atoms with E-state index in [0.717, 1.165) is 6.42 Å². The van der Waals surface area contributed by atoms with Crippen LogP contribution in [0.2, 0.25) is 0 Å². The molecule has 0 aliphatic carbocycles. The molecule has 11 nitrogen and oxygen atoms in total. The van der Waals surface area contributed by atoms with Crippen LogP contribution in [0.1, 0.15) is 19.1 Å². The van der Waals surface area contributed by atoms with Gasteiger partial charge < -0.3 is 30.7 Å². The SMILES string of the molecule is C=C[C@@]1(O)C(O)C(CO)OC1n1cnc2c(N3CCCC3C(N)=O)ncnc21. The van der Waals surface area contributed by atoms with Gasteiger partial charge in [0.15, 0.2) is 28.8 Å². The van der Waals surface area contributed by atoms with E-state index < -0.39 is 42.6 Å². The summed E-state index contributed by atoms with van der Waals surface area (Å²) in [5, 5.41) is 30.7. The predicted molar refractivity (Wildman–Crippen MR) is 97.0 cm³/mol. The monoisotopic (exact) mass is 390 g/mol. The van der Waals surface area contributed by atoms with Crippen molar-refractivity contribution in [2.75, 3.05) is 18.1 Å². The number of carbonyl (C=O) groups is 1. The standard InChI is InChI=1S/C17H22N6O5/c1-2-17(27)12(25)10(6-24)28-16(17)23-8-21-11-14(19-7-20-15(11)23)22-5-3-4-9(22)13(18)26/h2,7-10,12,16,24-25,27H,1,3-6H2,(H2,18,26)/t9?,10?,12?,16?,17-/m1/s1. The zero-order valence-electron chi connectivity index (χ0n) is 15.0. The first-order chi connectivity index (χ1) is 13.4. The topological polar surface area (TPSA) is 160 Å². The second kappa shape index (κ2) is 6.78. The molecule has 0 aromatic carbocycles. The lowest BCUT2D eigenvalue weighted by atomic mass is 9.94. The van der Waals surface area contributed by atoms with Crippen LogP contribution in [0.15, 0.2) is 25.3 Å². The van der Waals surface area contributed by atoms with Gasteiger partial charge in [-0.3, -0.25) is 9.36 Å². The highest BCUT2D eigenvalue weighted by atomic mass is 16.6. The zero-order chi connectivity index (χ0) is 20.1. The summed E-state index contributed by atoms with van der Waals surface area (Å²) in [6, 6.07) is -0.475. The largest absolute Gasteiger partial charge is 0.394 e. The first-order valence-corrected chi connectivity index (χ1v) is 8.96. The third-order valence-corrected chi connectivity index (χ3v) is 5.48. The number of hydrogen-bond acceptors (Lipinski definition) is 9. The molecule has 2 fully saturated rings. The Morgan fingerprint density at radius 3 is 2.93 bits per heavy atom. The molecule has 2 aliphatic rings. The van der Waals surface area contributed by atoms with Crippen LogP contribution in [0.5, 0.6) is 0 Å². The molecule has 2 aromatic rings. The van der Waals surface area contributed by atoms with Crippen LogP contribution in [-0.2, 0) is 9.53 Å². The van der Waals surface area contributed by atoms with Crippen LogP contribution in [0.3, 0.4) is 0 Å². The van der Waals surface area contributed by atoms with Crippen LogP contribution in [0.25, 0.3) is 11.2 Å². The molecule has 0 bridgehead atoms. The summed E-state index contributed by atoms with van der Waals surface area (Å²) in [6.07, 6.45) is 1.87. The maximum atomic E-state index is 11.8. The number of aromatic nitrogens is 4. The molecule has 4 unspecified atom stereocenters. The average Bonchev–Trinajstić information content (AvgIpc) is 3.39. The fourth-order valence-corrected chi connectivity index (χ4v) is 3.98. The maximum absolute atomic E-state index is 11.8. The van der Waals surface area contributed by atoms with E-state index >= 15 is 0 Å². The van der Waals surface area contributed by atoms with E-state index in [-0.39, 0.29) is 0 Å². The summed E-state index contributed by atoms with van der Waals surface area (Å²) in [4.78, 5) is 26.4. The van der Waals surface area contributed by atoms with Crippen LogP contribution >= 0.6 is 0 Å². The minimum atomic E-state index is -1.85. The first-order valence-electron chi connectivity index (χ1n) is 8.96. The average molecular weight is 390 g/mol. The fraction of sp³-hybridized carbons (Fsp3) is 0.529. The molecule has 2 aliphatic heterocycles. The van der Waals surface area contributed by atoms with Crippen molar-refractivity contribution >= 4 is 22.9 Å². The molecule has 0 saturated carbocycles. The molecule has 0 radical (unpaired) electrons. The van der Waals surface area contributed by atoms with Crippen molar-refractivity contribution < 1.29 is 24.9 Å². The second-order valence-electron chi connectivity index (χ2n) is 7.02. The Morgan fingerprint density at radius 2 is 2.25 bits per heavy atom. The Morgan fingerprint density at radius 1 is 1.46 bits per heavy atom. The normalized spacial score (nSPS) is 32.9. The Bertz CT molecular complexity index is 919. The number of rotatable bonds is 5. The highest BCUT2D eigenvalue weighted by Crippen LogP contribution is 2.41. The van der Waals surface area contributed by atoms with Gasteiger partial charge >= 0.3 is 0 Å². The van der Waals surface area contributed by atoms with Crippen molar-refractivity contribution in [1.82, 2.24) is 19.5 Å². The number of amides is 1. The van der Waals surface area contributed by atoms with Crippen LogP contribution in [0, 0.1) is 0 Å². The van der Waals surface area contributed by atoms with Gasteiger partial charge in [0, 0.05) is 6.54 Å². The summed E-state index contributed by atoms with van der Waals surface area (Å²) in [6.45, 7) is 3.71. The van der Waals surface area contributed by atoms with E-state index in [0.29, 0.717) is 29.9 Å². The Labute approximate surface area is 160 Å². The summed E-state index contributed by atoms with van der Waals surface area (Å²) < 4.78 is 7.11. The molecule has 11 heteroatoms. The van der Waals surface area contributed by atoms with Gasteiger partial charge in [-0.25, -0.2) is 15.0 Å². The first kappa shape index (κ1) is 18.7. The van der Waals surface area contributed by atoms with Crippen molar-refractivity contribution in [3.8, 4) is 0 Å². The van der Waals surface area contributed by atoms with Crippen molar-refractivity contribution in [2.24, 2.45) is 5.73 Å². The Hall–Kier alpha value is -2.60. The number of aliphatic hydroxyl groups excluding tert-OH is 2. The van der Waals surface area contributed by atoms with E-state index in [2.05, 4.69) is 21.5 Å². The van der Waals surface area contributed by atoms with Gasteiger partial charge in [0.1, 0.15) is 24.6 Å². The molecule has 4 heterocycles. The van der Waals surface area contributed by atoms with Crippen LogP contribution < -0.4 is 10.6 Å². The van der Waals surface area contributed by atoms with E-state index in [1.54, 1.807) is 4.90 Å². The number of carbonyl (C=O) groups excluding carboxylic acids is 1. The highest BCUT2D eigenvalue weighted by Gasteiger charge is 2.54. The van der Waals surface area contributed by atoms with Gasteiger partial charge in [0.05, 0.1) is 12.9 Å². The number of imidazole rings is 1. The van der Waals surface area contributed by atoms with Crippen molar-refractivity contribution in [1.29, 1.82) is 0 Å². The third-order valence-electron chi connectivity index (χ3n) is 5.48. The lowest BCUT2D eigenvalue weighted by Gasteiger charge is -2.28. The molecule has 0 spiro atoms. The van der Waals surface area contributed by atoms with Gasteiger partial charge in [-0.1, -0.05) is 12.7 Å². The third kappa shape index (κ3) is 2.58. The molecule has 2 saturated heterocycles. The second-order valence-corrected chi connectivity index (χ2v) is 7.02. The van der Waals surface area contributed by atoms with Gasteiger partial charge in [-0.2, -0.15) is 0 Å². The minimum Gasteiger partial charge on any atom is -0.394 e. The number of ether oxygens (including phenoxy) is 1. The fourth-order valence-electron chi connectivity index (χ4n) is 3.98. The number of hydrogen-bond donors (Lipinski definition) is 4. The van der Waals surface area contributed by atoms with Gasteiger partial charge in [-0.15, -0.1) is 0 Å². The summed E-state index contributed by atoms with van der Waals surface area (Å²) in [5.74, 6) is 0.0298. The lowest BCUT2D eigenvalue weighted by molar-refractivity contribution is -0.119. The quantitative estimate of drug-likeness (QED) is 0.443. The van der Waals surface area contributed by atoms with E-state index in [1.165, 1.54) is 23.3 Å². The van der Waals surface area contributed by atoms with Crippen LogP contribution in [-0.4, -0.2) is 77.7 Å². The van der Waals surface area contributed by atoms with Gasteiger partial charge in [0.25, 0.3) is 0 Å². The maximum Gasteiger partial charge on any atom is 0.240 e. The molecular weight excluding hydrogens is 368 g/mol. The molecule has 5 N–H and O–H groups in total. The smallest absolute Gasteiger partial charge is 0.240 e. The summed E-state index contributed by atoms with van der Waals surface area (Å²) in [5.41, 5.74) is 4.41. The Kier molecular flexibility index (Phi) is 4.54. The lowest BCUT2D eigenvalue weighted by Crippen LogP contribution is -2.45. The van der Waals surface area contributed by atoms with Crippen molar-refractivity contribution in [3.63, 3.8) is 0 Å². The number of nitrogens with two attached hydrogens (primary N) is 1. The number of aliphatic hydroxyl groups is 3.